The Morgan fingerprint density at radius 2 is 1.21 bits per heavy atom. The number of carbonyl (C=O) groups is 2. The molecule has 6 nitrogen and oxygen atoms in total. The van der Waals surface area contributed by atoms with Crippen LogP contribution in [0.2, 0.25) is 0 Å². The van der Waals surface area contributed by atoms with Crippen molar-refractivity contribution in [2.75, 3.05) is 27.2 Å². The minimum Gasteiger partial charge on any atom is -0.462 e. The third-order valence-corrected chi connectivity index (χ3v) is 12.4. The molecular weight excluding hydrogens is 645 g/mol. The third-order valence-electron chi connectivity index (χ3n) is 12.4. The summed E-state index contributed by atoms with van der Waals surface area (Å²) in [6.45, 7) is 29.6. The Morgan fingerprint density at radius 3 is 1.65 bits per heavy atom. The predicted molar refractivity (Wildman–Crippen MR) is 224 cm³/mol. The van der Waals surface area contributed by atoms with Gasteiger partial charge in [-0.25, -0.2) is 0 Å². The van der Waals surface area contributed by atoms with Gasteiger partial charge in [-0.2, -0.15) is 0 Å². The van der Waals surface area contributed by atoms with E-state index in [2.05, 4.69) is 73.3 Å². The van der Waals surface area contributed by atoms with E-state index in [1.165, 1.54) is 57.8 Å². The molecule has 6 unspecified atom stereocenters. The molecule has 0 fully saturated rings. The highest BCUT2D eigenvalue weighted by atomic mass is 16.5. The van der Waals surface area contributed by atoms with Crippen molar-refractivity contribution in [3.8, 4) is 0 Å². The van der Waals surface area contributed by atoms with Crippen molar-refractivity contribution in [3.05, 3.63) is 12.2 Å². The summed E-state index contributed by atoms with van der Waals surface area (Å²) >= 11 is 0. The van der Waals surface area contributed by atoms with Crippen LogP contribution in [0.5, 0.6) is 0 Å². The van der Waals surface area contributed by atoms with Crippen molar-refractivity contribution in [3.63, 3.8) is 0 Å². The molecule has 0 heterocycles. The maximum Gasteiger partial charge on any atom is 0.311 e. The average molecular weight is 735 g/mol. The van der Waals surface area contributed by atoms with Crippen LogP contribution in [0.1, 0.15) is 193 Å². The van der Waals surface area contributed by atoms with Gasteiger partial charge in [0, 0.05) is 22.8 Å². The van der Waals surface area contributed by atoms with E-state index in [0.717, 1.165) is 56.4 Å². The number of nitrogens with zero attached hydrogens (tertiary/aromatic N) is 1. The van der Waals surface area contributed by atoms with E-state index in [9.17, 15) is 9.59 Å². The second-order valence-electron chi connectivity index (χ2n) is 19.5. The first-order chi connectivity index (χ1) is 24.0. The molecule has 0 aliphatic rings. The lowest BCUT2D eigenvalue weighted by Crippen LogP contribution is -2.47. The van der Waals surface area contributed by atoms with Gasteiger partial charge < -0.3 is 20.1 Å². The molecule has 52 heavy (non-hydrogen) atoms. The van der Waals surface area contributed by atoms with Crippen LogP contribution in [0.3, 0.4) is 0 Å². The van der Waals surface area contributed by atoms with Crippen molar-refractivity contribution in [2.24, 2.45) is 45.7 Å². The van der Waals surface area contributed by atoms with Gasteiger partial charge in [-0.05, 0) is 111 Å². The fraction of sp³-hybridized carbons (Fsp3) is 0.913. The number of ether oxygens (including phenoxy) is 2. The molecule has 0 saturated heterocycles. The van der Waals surface area contributed by atoms with Crippen molar-refractivity contribution in [2.45, 2.75) is 204 Å². The van der Waals surface area contributed by atoms with Crippen LogP contribution in [-0.2, 0) is 19.1 Å². The molecule has 2 N–H and O–H groups in total. The molecule has 0 aliphatic heterocycles. The van der Waals surface area contributed by atoms with E-state index in [-0.39, 0.29) is 41.0 Å². The predicted octanol–water partition coefficient (Wildman–Crippen LogP) is 12.2. The zero-order valence-electron chi connectivity index (χ0n) is 37.4. The Hall–Kier alpha value is -1.40. The first-order valence-electron chi connectivity index (χ1n) is 21.5. The lowest BCUT2D eigenvalue weighted by molar-refractivity contribution is -0.163. The molecule has 0 aliphatic carbocycles. The minimum atomic E-state index is -0.733. The molecule has 0 saturated carbocycles. The van der Waals surface area contributed by atoms with Gasteiger partial charge in [0.2, 0.25) is 0 Å². The van der Waals surface area contributed by atoms with Crippen LogP contribution in [0.25, 0.3) is 0 Å². The average Bonchev–Trinajstić information content (AvgIpc) is 3.03. The molecule has 0 aromatic rings. The van der Waals surface area contributed by atoms with Crippen LogP contribution in [-0.4, -0.2) is 55.7 Å². The van der Waals surface area contributed by atoms with Gasteiger partial charge in [0.25, 0.3) is 0 Å². The van der Waals surface area contributed by atoms with Gasteiger partial charge in [0.15, 0.2) is 0 Å². The molecule has 0 aromatic heterocycles. The lowest BCUT2D eigenvalue weighted by atomic mass is 9.68. The summed E-state index contributed by atoms with van der Waals surface area (Å²) in [6.07, 6.45) is 21.0. The van der Waals surface area contributed by atoms with Gasteiger partial charge >= 0.3 is 11.9 Å². The van der Waals surface area contributed by atoms with Gasteiger partial charge in [0.05, 0.1) is 5.41 Å². The quantitative estimate of drug-likeness (QED) is 0.0584. The van der Waals surface area contributed by atoms with Crippen LogP contribution in [0.4, 0.5) is 0 Å². The third kappa shape index (κ3) is 20.9. The first kappa shape index (κ1) is 50.6. The second-order valence-corrected chi connectivity index (χ2v) is 19.5. The summed E-state index contributed by atoms with van der Waals surface area (Å²) < 4.78 is 12.2. The van der Waals surface area contributed by atoms with Crippen molar-refractivity contribution >= 4 is 11.9 Å². The summed E-state index contributed by atoms with van der Waals surface area (Å²) in [5.74, 6) is 2.64. The number of esters is 2. The molecular formula is C46H90N2O4. The highest BCUT2D eigenvalue weighted by Crippen LogP contribution is 2.43. The molecule has 0 radical (unpaired) electrons. The molecule has 6 atom stereocenters. The molecule has 0 spiro atoms. The Bertz CT molecular complexity index is 999. The monoisotopic (exact) mass is 735 g/mol. The van der Waals surface area contributed by atoms with Crippen molar-refractivity contribution < 1.29 is 19.1 Å². The molecule has 0 rings (SSSR count). The van der Waals surface area contributed by atoms with Crippen LogP contribution < -0.4 is 5.73 Å². The number of nitrogens with two attached hydrogens (primary N) is 1. The van der Waals surface area contributed by atoms with E-state index >= 15 is 0 Å². The number of hydrogen-bond acceptors (Lipinski definition) is 6. The highest BCUT2D eigenvalue weighted by molar-refractivity contribution is 5.76. The fourth-order valence-corrected chi connectivity index (χ4v) is 7.64. The van der Waals surface area contributed by atoms with Crippen LogP contribution >= 0.6 is 0 Å². The molecule has 0 bridgehead atoms. The van der Waals surface area contributed by atoms with E-state index in [0.29, 0.717) is 18.8 Å². The minimum absolute atomic E-state index is 0.130. The van der Waals surface area contributed by atoms with Crippen LogP contribution in [0, 0.1) is 39.9 Å². The Labute approximate surface area is 324 Å². The Balaban J connectivity index is 5.38. The van der Waals surface area contributed by atoms with E-state index in [4.69, 9.17) is 15.2 Å². The fourth-order valence-electron chi connectivity index (χ4n) is 7.64. The number of rotatable bonds is 30. The SMILES string of the molecule is CCC(C)(CC(C)(C)C(=O)OCC=CC(C)(CC)C(C)(C)N)C(CCC(C)CCCC(C)CCCC(C)CCCC(C)C)OC(=O)CCCN(C)C. The smallest absolute Gasteiger partial charge is 0.311 e. The summed E-state index contributed by atoms with van der Waals surface area (Å²) in [6, 6.07) is 0. The number of carbonyl (C=O) groups excluding carboxylic acids is 2. The first-order valence-corrected chi connectivity index (χ1v) is 21.5. The second kappa shape index (κ2) is 24.9. The maximum atomic E-state index is 13.5. The van der Waals surface area contributed by atoms with Gasteiger partial charge in [0.1, 0.15) is 12.7 Å². The standard InChI is InChI=1S/C46H90N2O4/c1-16-45(12,35-43(8,9)42(50)51-34-22-32-46(13,17-2)44(10,11)47)40(52-41(49)29-21-33-48(14)15)31-30-39(7)28-20-27-38(6)26-19-25-37(5)24-18-23-36(3)4/h22,32,36-40H,16-21,23-31,33-35,47H2,1-15H3. The zero-order chi connectivity index (χ0) is 40.2. The molecule has 0 amide bonds. The van der Waals surface area contributed by atoms with Crippen molar-refractivity contribution in [1.82, 2.24) is 4.90 Å². The van der Waals surface area contributed by atoms with E-state index in [1.54, 1.807) is 0 Å². The maximum absolute atomic E-state index is 13.5. The summed E-state index contributed by atoms with van der Waals surface area (Å²) in [5.41, 5.74) is 4.77. The zero-order valence-corrected chi connectivity index (χ0v) is 37.4. The topological polar surface area (TPSA) is 81.9 Å². The summed E-state index contributed by atoms with van der Waals surface area (Å²) in [4.78, 5) is 28.8. The normalized spacial score (nSPS) is 17.5. The Kier molecular flexibility index (Phi) is 24.2. The molecule has 308 valence electrons. The van der Waals surface area contributed by atoms with Crippen molar-refractivity contribution in [1.29, 1.82) is 0 Å². The lowest BCUT2D eigenvalue weighted by Gasteiger charge is -2.41. The van der Waals surface area contributed by atoms with Gasteiger partial charge in [-0.15, -0.1) is 0 Å². The molecule has 6 heteroatoms. The van der Waals surface area contributed by atoms with E-state index < -0.39 is 5.41 Å². The number of hydrogen-bond donors (Lipinski definition) is 1. The summed E-state index contributed by atoms with van der Waals surface area (Å²) in [7, 11) is 4.05. The Morgan fingerprint density at radius 1 is 0.712 bits per heavy atom. The van der Waals surface area contributed by atoms with Crippen LogP contribution in [0.15, 0.2) is 12.2 Å². The van der Waals surface area contributed by atoms with E-state index in [1.807, 2.05) is 47.9 Å². The van der Waals surface area contributed by atoms with Gasteiger partial charge in [-0.1, -0.05) is 132 Å². The van der Waals surface area contributed by atoms with Gasteiger partial charge in [-0.3, -0.25) is 9.59 Å². The summed E-state index contributed by atoms with van der Waals surface area (Å²) in [5, 5.41) is 0. The largest absolute Gasteiger partial charge is 0.462 e. The highest BCUT2D eigenvalue weighted by Gasteiger charge is 2.43. The molecule has 0 aromatic carbocycles.